The zero-order chi connectivity index (χ0) is 11.5. The second-order valence-electron chi connectivity index (χ2n) is 4.17. The lowest BCUT2D eigenvalue weighted by molar-refractivity contribution is 0.848. The summed E-state index contributed by atoms with van der Waals surface area (Å²) in [5.41, 5.74) is 6.30. The molecule has 0 spiro atoms. The van der Waals surface area contributed by atoms with E-state index in [0.717, 1.165) is 25.1 Å². The predicted molar refractivity (Wildman–Crippen MR) is 69.6 cm³/mol. The highest BCUT2D eigenvalue weighted by Crippen LogP contribution is 2.30. The van der Waals surface area contributed by atoms with Gasteiger partial charge in [-0.15, -0.1) is 0 Å². The molecule has 0 aliphatic heterocycles. The summed E-state index contributed by atoms with van der Waals surface area (Å²) in [5.74, 6) is 0. The van der Waals surface area contributed by atoms with Gasteiger partial charge in [0.2, 0.25) is 0 Å². The van der Waals surface area contributed by atoms with Crippen molar-refractivity contribution in [3.63, 3.8) is 0 Å². The van der Waals surface area contributed by atoms with E-state index in [0.29, 0.717) is 0 Å². The van der Waals surface area contributed by atoms with Crippen LogP contribution in [0.5, 0.6) is 0 Å². The Morgan fingerprint density at radius 2 is 2.19 bits per heavy atom. The van der Waals surface area contributed by atoms with Gasteiger partial charge in [0.05, 0.1) is 11.4 Å². The monoisotopic (exact) mass is 214 g/mol. The minimum Gasteiger partial charge on any atom is -0.383 e. The molecule has 0 bridgehead atoms. The molecule has 0 saturated carbocycles. The van der Waals surface area contributed by atoms with Gasteiger partial charge < -0.3 is 5.32 Å². The highest BCUT2D eigenvalue weighted by Gasteiger charge is 2.17. The first-order chi connectivity index (χ1) is 7.76. The molecule has 16 heavy (non-hydrogen) atoms. The van der Waals surface area contributed by atoms with Gasteiger partial charge in [-0.2, -0.15) is 0 Å². The number of aryl methyl sites for hydroxylation is 2. The molecule has 0 radical (unpaired) electrons. The molecule has 1 aliphatic rings. The first-order valence-corrected chi connectivity index (χ1v) is 5.80. The summed E-state index contributed by atoms with van der Waals surface area (Å²) in [6.45, 7) is 8.82. The molecular formula is C14H18N2. The summed E-state index contributed by atoms with van der Waals surface area (Å²) in [6, 6.07) is 6.61. The number of allylic oxidation sites excluding steroid dienone is 1. The van der Waals surface area contributed by atoms with E-state index in [1.165, 1.54) is 22.4 Å². The molecule has 0 heterocycles. The van der Waals surface area contributed by atoms with E-state index in [2.05, 4.69) is 49.1 Å². The van der Waals surface area contributed by atoms with Gasteiger partial charge in [-0.05, 0) is 39.0 Å². The van der Waals surface area contributed by atoms with Crippen LogP contribution in [0.3, 0.4) is 0 Å². The van der Waals surface area contributed by atoms with Crippen molar-refractivity contribution >= 4 is 12.4 Å². The Morgan fingerprint density at radius 1 is 1.38 bits per heavy atom. The van der Waals surface area contributed by atoms with E-state index in [4.69, 9.17) is 0 Å². The fourth-order valence-corrected chi connectivity index (χ4v) is 2.24. The SMILES string of the molecule is C=NC1=C(NCC)c2ccc(C)cc2CC1. The van der Waals surface area contributed by atoms with E-state index in [-0.39, 0.29) is 0 Å². The fourth-order valence-electron chi connectivity index (χ4n) is 2.24. The second-order valence-corrected chi connectivity index (χ2v) is 4.17. The Balaban J connectivity index is 2.51. The van der Waals surface area contributed by atoms with Crippen LogP contribution >= 0.6 is 0 Å². The molecule has 84 valence electrons. The minimum absolute atomic E-state index is 0.918. The summed E-state index contributed by atoms with van der Waals surface area (Å²) in [4.78, 5) is 4.14. The molecule has 0 aromatic heterocycles. The molecule has 2 rings (SSSR count). The molecular weight excluding hydrogens is 196 g/mol. The maximum absolute atomic E-state index is 4.14. The number of hydrogen-bond acceptors (Lipinski definition) is 2. The highest BCUT2D eigenvalue weighted by molar-refractivity contribution is 5.72. The molecule has 1 aromatic carbocycles. The van der Waals surface area contributed by atoms with Crippen LogP contribution in [-0.2, 0) is 6.42 Å². The van der Waals surface area contributed by atoms with Crippen LogP contribution in [0.1, 0.15) is 30.0 Å². The van der Waals surface area contributed by atoms with Crippen LogP contribution in [-0.4, -0.2) is 13.3 Å². The summed E-state index contributed by atoms with van der Waals surface area (Å²) in [6.07, 6.45) is 2.06. The Hall–Kier alpha value is -1.57. The lowest BCUT2D eigenvalue weighted by Crippen LogP contribution is -2.17. The van der Waals surface area contributed by atoms with Crippen LogP contribution in [0.2, 0.25) is 0 Å². The first-order valence-electron chi connectivity index (χ1n) is 5.80. The van der Waals surface area contributed by atoms with Crippen LogP contribution in [0.15, 0.2) is 28.9 Å². The van der Waals surface area contributed by atoms with Gasteiger partial charge in [-0.3, -0.25) is 4.99 Å². The number of hydrogen-bond donors (Lipinski definition) is 1. The van der Waals surface area contributed by atoms with Gasteiger partial charge in [0, 0.05) is 12.1 Å². The third-order valence-electron chi connectivity index (χ3n) is 2.99. The average Bonchev–Trinajstić information content (AvgIpc) is 2.29. The van der Waals surface area contributed by atoms with Crippen LogP contribution < -0.4 is 5.32 Å². The Bertz CT molecular complexity index is 444. The number of benzene rings is 1. The molecule has 0 unspecified atom stereocenters. The molecule has 1 aromatic rings. The van der Waals surface area contributed by atoms with E-state index in [1.807, 2.05) is 0 Å². The highest BCUT2D eigenvalue weighted by atomic mass is 14.9. The molecule has 2 nitrogen and oxygen atoms in total. The van der Waals surface area contributed by atoms with Gasteiger partial charge in [-0.1, -0.05) is 23.8 Å². The maximum atomic E-state index is 4.14. The number of aliphatic imine (C=N–C) groups is 1. The summed E-state index contributed by atoms with van der Waals surface area (Å²) in [7, 11) is 0. The maximum Gasteiger partial charge on any atom is 0.0636 e. The van der Waals surface area contributed by atoms with Crippen molar-refractivity contribution in [2.24, 2.45) is 4.99 Å². The molecule has 0 atom stereocenters. The molecule has 0 fully saturated rings. The molecule has 1 aliphatic carbocycles. The van der Waals surface area contributed by atoms with Crippen molar-refractivity contribution in [2.75, 3.05) is 6.54 Å². The lowest BCUT2D eigenvalue weighted by atomic mass is 9.91. The Kier molecular flexibility index (Phi) is 3.09. The molecule has 0 saturated heterocycles. The second kappa shape index (κ2) is 4.52. The predicted octanol–water partition coefficient (Wildman–Crippen LogP) is 2.92. The van der Waals surface area contributed by atoms with Gasteiger partial charge >= 0.3 is 0 Å². The standard InChI is InChI=1S/C14H18N2/c1-4-16-14-12-7-5-10(2)9-11(12)6-8-13(14)15-3/h5,7,9,16H,3-4,6,8H2,1-2H3. The first kappa shape index (κ1) is 10.9. The number of rotatable bonds is 3. The summed E-state index contributed by atoms with van der Waals surface area (Å²) in [5, 5.41) is 3.41. The van der Waals surface area contributed by atoms with Crippen molar-refractivity contribution < 1.29 is 0 Å². The van der Waals surface area contributed by atoms with E-state index in [1.54, 1.807) is 0 Å². The zero-order valence-corrected chi connectivity index (χ0v) is 10.0. The van der Waals surface area contributed by atoms with Crippen molar-refractivity contribution in [1.82, 2.24) is 5.32 Å². The average molecular weight is 214 g/mol. The number of fused-ring (bicyclic) bond motifs is 1. The lowest BCUT2D eigenvalue weighted by Gasteiger charge is -2.22. The van der Waals surface area contributed by atoms with Gasteiger partial charge in [0.1, 0.15) is 0 Å². The van der Waals surface area contributed by atoms with Crippen molar-refractivity contribution in [3.8, 4) is 0 Å². The quantitative estimate of drug-likeness (QED) is 0.769. The van der Waals surface area contributed by atoms with Crippen molar-refractivity contribution in [1.29, 1.82) is 0 Å². The molecule has 1 N–H and O–H groups in total. The summed E-state index contributed by atoms with van der Waals surface area (Å²) < 4.78 is 0. The normalized spacial score (nSPS) is 14.6. The zero-order valence-electron chi connectivity index (χ0n) is 10.0. The van der Waals surface area contributed by atoms with Crippen molar-refractivity contribution in [3.05, 3.63) is 40.6 Å². The third kappa shape index (κ3) is 1.87. The Labute approximate surface area is 97.1 Å². The topological polar surface area (TPSA) is 24.4 Å². The summed E-state index contributed by atoms with van der Waals surface area (Å²) >= 11 is 0. The van der Waals surface area contributed by atoms with Crippen LogP contribution in [0.4, 0.5) is 0 Å². The van der Waals surface area contributed by atoms with Gasteiger partial charge in [0.25, 0.3) is 0 Å². The number of nitrogens with one attached hydrogen (secondary N) is 1. The molecule has 2 heteroatoms. The van der Waals surface area contributed by atoms with Gasteiger partial charge in [-0.25, -0.2) is 0 Å². The molecule has 0 amide bonds. The van der Waals surface area contributed by atoms with Crippen molar-refractivity contribution in [2.45, 2.75) is 26.7 Å². The fraction of sp³-hybridized carbons (Fsp3) is 0.357. The van der Waals surface area contributed by atoms with E-state index < -0.39 is 0 Å². The minimum atomic E-state index is 0.918. The van der Waals surface area contributed by atoms with E-state index >= 15 is 0 Å². The number of nitrogens with zero attached hydrogens (tertiary/aromatic N) is 1. The van der Waals surface area contributed by atoms with E-state index in [9.17, 15) is 0 Å². The van der Waals surface area contributed by atoms with Gasteiger partial charge in [0.15, 0.2) is 0 Å². The smallest absolute Gasteiger partial charge is 0.0636 e. The Morgan fingerprint density at radius 3 is 2.88 bits per heavy atom. The van der Waals surface area contributed by atoms with Crippen LogP contribution in [0, 0.1) is 6.92 Å². The largest absolute Gasteiger partial charge is 0.383 e. The van der Waals surface area contributed by atoms with Crippen LogP contribution in [0.25, 0.3) is 5.70 Å². The third-order valence-corrected chi connectivity index (χ3v) is 2.99.